The van der Waals surface area contributed by atoms with E-state index in [0.29, 0.717) is 18.4 Å². The molecule has 1 aromatic carbocycles. The van der Waals surface area contributed by atoms with E-state index in [1.165, 1.54) is 0 Å². The highest BCUT2D eigenvalue weighted by Crippen LogP contribution is 2.24. The van der Waals surface area contributed by atoms with Crippen LogP contribution in [0.2, 0.25) is 0 Å². The van der Waals surface area contributed by atoms with Gasteiger partial charge in [0.2, 0.25) is 5.91 Å². The van der Waals surface area contributed by atoms with Gasteiger partial charge in [-0.2, -0.15) is 0 Å². The van der Waals surface area contributed by atoms with Crippen LogP contribution in [0, 0.1) is 5.92 Å². The number of aryl methyl sites for hydroxylation is 1. The van der Waals surface area contributed by atoms with Crippen molar-refractivity contribution in [1.82, 2.24) is 14.9 Å². The van der Waals surface area contributed by atoms with E-state index in [9.17, 15) is 9.59 Å². The van der Waals surface area contributed by atoms with Crippen molar-refractivity contribution in [1.29, 1.82) is 0 Å². The van der Waals surface area contributed by atoms with Crippen molar-refractivity contribution in [3.8, 4) is 0 Å². The molecular formula is C18H22N4O2. The van der Waals surface area contributed by atoms with E-state index in [1.54, 1.807) is 11.6 Å². The maximum absolute atomic E-state index is 12.7. The van der Waals surface area contributed by atoms with Gasteiger partial charge in [0.1, 0.15) is 0 Å². The number of aromatic nitrogens is 2. The van der Waals surface area contributed by atoms with Crippen LogP contribution in [-0.2, 0) is 11.8 Å². The molecule has 1 aliphatic heterocycles. The Balaban J connectivity index is 1.62. The molecule has 2 heterocycles. The fraction of sp³-hybridized carbons (Fsp3) is 0.500. The molecule has 0 radical (unpaired) electrons. The second kappa shape index (κ2) is 5.92. The normalized spacial score (nSPS) is 21.0. The smallest absolute Gasteiger partial charge is 0.293 e. The van der Waals surface area contributed by atoms with E-state index in [2.05, 4.69) is 10.3 Å². The highest BCUT2D eigenvalue weighted by Gasteiger charge is 2.31. The number of hydrogen-bond acceptors (Lipinski definition) is 4. The molecule has 1 saturated heterocycles. The molecule has 0 spiro atoms. The van der Waals surface area contributed by atoms with Crippen LogP contribution in [0.5, 0.6) is 0 Å². The monoisotopic (exact) mass is 326 g/mol. The predicted octanol–water partition coefficient (Wildman–Crippen LogP) is 1.43. The Kier molecular flexibility index (Phi) is 3.75. The highest BCUT2D eigenvalue weighted by molar-refractivity contribution is 5.80. The third-order valence-corrected chi connectivity index (χ3v) is 4.98. The number of amides is 1. The zero-order valence-corrected chi connectivity index (χ0v) is 13.9. The number of nitrogens with one attached hydrogen (secondary N) is 1. The van der Waals surface area contributed by atoms with Gasteiger partial charge in [0.25, 0.3) is 5.56 Å². The third-order valence-electron chi connectivity index (χ3n) is 4.98. The number of para-hydroxylation sites is 2. The van der Waals surface area contributed by atoms with E-state index in [4.69, 9.17) is 0 Å². The minimum atomic E-state index is -0.100. The molecule has 1 N–H and O–H groups in total. The lowest BCUT2D eigenvalue weighted by atomic mass is 9.97. The van der Waals surface area contributed by atoms with Crippen molar-refractivity contribution < 1.29 is 4.79 Å². The van der Waals surface area contributed by atoms with E-state index < -0.39 is 0 Å². The van der Waals surface area contributed by atoms with Gasteiger partial charge in [0.15, 0.2) is 5.82 Å². The highest BCUT2D eigenvalue weighted by atomic mass is 16.2. The zero-order chi connectivity index (χ0) is 16.7. The molecule has 4 rings (SSSR count). The maximum Gasteiger partial charge on any atom is 0.293 e. The number of rotatable bonds is 3. The van der Waals surface area contributed by atoms with Crippen molar-refractivity contribution >= 4 is 22.8 Å². The average molecular weight is 326 g/mol. The zero-order valence-electron chi connectivity index (χ0n) is 13.9. The Morgan fingerprint density at radius 3 is 2.83 bits per heavy atom. The molecule has 1 aromatic heterocycles. The fourth-order valence-corrected chi connectivity index (χ4v) is 3.40. The number of carbonyl (C=O) groups is 1. The number of hydrogen-bond donors (Lipinski definition) is 1. The van der Waals surface area contributed by atoms with Crippen LogP contribution in [0.3, 0.4) is 0 Å². The van der Waals surface area contributed by atoms with Crippen molar-refractivity contribution in [2.75, 3.05) is 18.0 Å². The van der Waals surface area contributed by atoms with Gasteiger partial charge in [-0.15, -0.1) is 0 Å². The van der Waals surface area contributed by atoms with Gasteiger partial charge in [-0.1, -0.05) is 12.1 Å². The van der Waals surface area contributed by atoms with Crippen LogP contribution >= 0.6 is 0 Å². The molecule has 1 amide bonds. The van der Waals surface area contributed by atoms with Gasteiger partial charge in [-0.3, -0.25) is 9.59 Å². The SMILES string of the molecule is Cn1c(=O)c(N2CCC[C@@H](C(=O)NC3CC3)C2)nc2ccccc21. The Labute approximate surface area is 140 Å². The summed E-state index contributed by atoms with van der Waals surface area (Å²) in [5.41, 5.74) is 1.53. The van der Waals surface area contributed by atoms with Gasteiger partial charge < -0.3 is 14.8 Å². The number of carbonyl (C=O) groups excluding carboxylic acids is 1. The lowest BCUT2D eigenvalue weighted by Gasteiger charge is -2.32. The Morgan fingerprint density at radius 1 is 1.25 bits per heavy atom. The molecule has 2 fully saturated rings. The first-order chi connectivity index (χ1) is 11.6. The predicted molar refractivity (Wildman–Crippen MR) is 93.1 cm³/mol. The van der Waals surface area contributed by atoms with Gasteiger partial charge >= 0.3 is 0 Å². The maximum atomic E-state index is 12.7. The lowest BCUT2D eigenvalue weighted by Crippen LogP contribution is -2.46. The van der Waals surface area contributed by atoms with Crippen LogP contribution < -0.4 is 15.8 Å². The fourth-order valence-electron chi connectivity index (χ4n) is 3.40. The van der Waals surface area contributed by atoms with E-state index in [-0.39, 0.29) is 17.4 Å². The van der Waals surface area contributed by atoms with Crippen molar-refractivity contribution in [2.24, 2.45) is 13.0 Å². The molecule has 1 atom stereocenters. The van der Waals surface area contributed by atoms with E-state index in [1.807, 2.05) is 29.2 Å². The second-order valence-electron chi connectivity index (χ2n) is 6.86. The number of piperidine rings is 1. The van der Waals surface area contributed by atoms with Gasteiger partial charge in [-0.25, -0.2) is 4.98 Å². The summed E-state index contributed by atoms with van der Waals surface area (Å²) in [4.78, 5) is 31.6. The summed E-state index contributed by atoms with van der Waals surface area (Å²) in [6.07, 6.45) is 3.97. The summed E-state index contributed by atoms with van der Waals surface area (Å²) < 4.78 is 1.64. The Morgan fingerprint density at radius 2 is 2.04 bits per heavy atom. The number of nitrogens with zero attached hydrogens (tertiary/aromatic N) is 3. The molecule has 2 aromatic rings. The standard InChI is InChI=1S/C18H22N4O2/c1-21-15-7-3-2-6-14(15)20-16(18(21)24)22-10-4-5-12(11-22)17(23)19-13-8-9-13/h2-3,6-7,12-13H,4-5,8-11H2,1H3,(H,19,23)/t12-/m1/s1. The second-order valence-corrected chi connectivity index (χ2v) is 6.86. The van der Waals surface area contributed by atoms with Crippen LogP contribution in [0.4, 0.5) is 5.82 Å². The molecule has 0 bridgehead atoms. The van der Waals surface area contributed by atoms with Gasteiger partial charge in [0, 0.05) is 26.2 Å². The average Bonchev–Trinajstić information content (AvgIpc) is 3.42. The molecule has 2 aliphatic rings. The summed E-state index contributed by atoms with van der Waals surface area (Å²) in [5.74, 6) is 0.525. The summed E-state index contributed by atoms with van der Waals surface area (Å²) in [6, 6.07) is 8.02. The van der Waals surface area contributed by atoms with Crippen LogP contribution in [0.25, 0.3) is 11.0 Å². The first-order valence-electron chi connectivity index (χ1n) is 8.64. The van der Waals surface area contributed by atoms with Crippen LogP contribution in [-0.4, -0.2) is 34.6 Å². The first kappa shape index (κ1) is 15.2. The number of benzene rings is 1. The molecule has 1 saturated carbocycles. The van der Waals surface area contributed by atoms with Crippen molar-refractivity contribution in [3.63, 3.8) is 0 Å². The van der Waals surface area contributed by atoms with Crippen molar-refractivity contribution in [2.45, 2.75) is 31.7 Å². The number of anilines is 1. The van der Waals surface area contributed by atoms with Gasteiger partial charge in [0.05, 0.1) is 17.0 Å². The van der Waals surface area contributed by atoms with Crippen LogP contribution in [0.15, 0.2) is 29.1 Å². The van der Waals surface area contributed by atoms with Gasteiger partial charge in [-0.05, 0) is 37.8 Å². The quantitative estimate of drug-likeness (QED) is 0.926. The van der Waals surface area contributed by atoms with E-state index >= 15 is 0 Å². The first-order valence-corrected chi connectivity index (χ1v) is 8.64. The minimum absolute atomic E-state index is 0.0580. The molecular weight excluding hydrogens is 304 g/mol. The van der Waals surface area contributed by atoms with Crippen LogP contribution in [0.1, 0.15) is 25.7 Å². The topological polar surface area (TPSA) is 67.2 Å². The molecule has 1 aliphatic carbocycles. The summed E-state index contributed by atoms with van der Waals surface area (Å²) in [7, 11) is 1.77. The molecule has 126 valence electrons. The van der Waals surface area contributed by atoms with Crippen molar-refractivity contribution in [3.05, 3.63) is 34.6 Å². The summed E-state index contributed by atoms with van der Waals surface area (Å²) in [5, 5.41) is 3.08. The minimum Gasteiger partial charge on any atom is -0.353 e. The van der Waals surface area contributed by atoms with E-state index in [0.717, 1.165) is 43.3 Å². The summed E-state index contributed by atoms with van der Waals surface area (Å²) >= 11 is 0. The Hall–Kier alpha value is -2.37. The number of fused-ring (bicyclic) bond motifs is 1. The molecule has 0 unspecified atom stereocenters. The molecule has 6 heteroatoms. The molecule has 24 heavy (non-hydrogen) atoms. The molecule has 6 nitrogen and oxygen atoms in total. The Bertz CT molecular complexity index is 841. The third kappa shape index (κ3) is 2.77. The summed E-state index contributed by atoms with van der Waals surface area (Å²) in [6.45, 7) is 1.34. The lowest BCUT2D eigenvalue weighted by molar-refractivity contribution is -0.125. The largest absolute Gasteiger partial charge is 0.353 e.